The lowest BCUT2D eigenvalue weighted by atomic mass is 10.2. The minimum absolute atomic E-state index is 0.491. The lowest BCUT2D eigenvalue weighted by molar-refractivity contribution is 0.868. The molecule has 0 bridgehead atoms. The number of thiazole rings is 1. The third-order valence-electron chi connectivity index (χ3n) is 3.40. The summed E-state index contributed by atoms with van der Waals surface area (Å²) in [4.78, 5) is 5.50. The highest BCUT2D eigenvalue weighted by Crippen LogP contribution is 2.18. The topological polar surface area (TPSA) is 53.7 Å². The Morgan fingerprint density at radius 2 is 2.13 bits per heavy atom. The summed E-state index contributed by atoms with van der Waals surface area (Å²) in [5.74, 6) is 0. The normalized spacial score (nSPS) is 11.2. The van der Waals surface area contributed by atoms with Crippen LogP contribution in [0.4, 0.5) is 0 Å². The van der Waals surface area contributed by atoms with Crippen LogP contribution >= 0.6 is 23.6 Å². The fraction of sp³-hybridized carbons (Fsp3) is 0.188. The van der Waals surface area contributed by atoms with E-state index in [4.69, 9.17) is 12.2 Å². The first-order valence-electron chi connectivity index (χ1n) is 7.19. The highest BCUT2D eigenvalue weighted by atomic mass is 32.1. The van der Waals surface area contributed by atoms with Gasteiger partial charge in [0, 0.05) is 17.6 Å². The molecule has 0 aliphatic carbocycles. The molecule has 23 heavy (non-hydrogen) atoms. The van der Waals surface area contributed by atoms with Crippen molar-refractivity contribution in [2.24, 2.45) is 5.10 Å². The van der Waals surface area contributed by atoms with Crippen molar-refractivity contribution in [1.82, 2.24) is 20.1 Å². The molecule has 0 fully saturated rings. The Labute approximate surface area is 144 Å². The molecular formula is C16H17N5S2. The van der Waals surface area contributed by atoms with Crippen LogP contribution in [0.1, 0.15) is 22.6 Å². The molecule has 0 spiro atoms. The van der Waals surface area contributed by atoms with Crippen LogP contribution in [0, 0.1) is 13.8 Å². The fourth-order valence-corrected chi connectivity index (χ4v) is 3.29. The molecule has 0 saturated heterocycles. The van der Waals surface area contributed by atoms with Gasteiger partial charge in [0.2, 0.25) is 0 Å². The van der Waals surface area contributed by atoms with Gasteiger partial charge in [0.1, 0.15) is 0 Å². The Balaban J connectivity index is 1.60. The van der Waals surface area contributed by atoms with Crippen LogP contribution in [0.3, 0.4) is 0 Å². The van der Waals surface area contributed by atoms with Crippen molar-refractivity contribution in [3.05, 3.63) is 58.4 Å². The Morgan fingerprint density at radius 3 is 2.91 bits per heavy atom. The zero-order valence-corrected chi connectivity index (χ0v) is 14.5. The summed E-state index contributed by atoms with van der Waals surface area (Å²) in [7, 11) is 0. The maximum Gasteiger partial charge on any atom is 0.194 e. The van der Waals surface area contributed by atoms with Crippen molar-refractivity contribution in [2.45, 2.75) is 20.4 Å². The monoisotopic (exact) mass is 343 g/mol. The molecule has 3 rings (SSSR count). The van der Waals surface area contributed by atoms with Crippen LogP contribution in [0.15, 0.2) is 40.8 Å². The second kappa shape index (κ2) is 6.89. The van der Waals surface area contributed by atoms with Gasteiger partial charge < -0.3 is 5.32 Å². The fourth-order valence-electron chi connectivity index (χ4n) is 2.25. The van der Waals surface area contributed by atoms with Crippen LogP contribution < -0.4 is 10.7 Å². The van der Waals surface area contributed by atoms with Crippen molar-refractivity contribution >= 4 is 39.8 Å². The zero-order chi connectivity index (χ0) is 16.2. The quantitative estimate of drug-likeness (QED) is 0.434. The van der Waals surface area contributed by atoms with E-state index in [1.807, 2.05) is 37.3 Å². The maximum absolute atomic E-state index is 5.23. The number of nitrogens with zero attached hydrogens (tertiary/aromatic N) is 3. The van der Waals surface area contributed by atoms with Gasteiger partial charge >= 0.3 is 0 Å². The van der Waals surface area contributed by atoms with Gasteiger partial charge in [-0.3, -0.25) is 9.83 Å². The predicted octanol–water partition coefficient (Wildman–Crippen LogP) is 3.01. The summed E-state index contributed by atoms with van der Waals surface area (Å²) in [5.41, 5.74) is 7.09. The van der Waals surface area contributed by atoms with Gasteiger partial charge in [0.25, 0.3) is 0 Å². The lowest BCUT2D eigenvalue weighted by Gasteiger charge is -2.06. The van der Waals surface area contributed by atoms with Gasteiger partial charge in [-0.25, -0.2) is 4.98 Å². The number of benzene rings is 1. The van der Waals surface area contributed by atoms with Crippen molar-refractivity contribution in [2.75, 3.05) is 0 Å². The Morgan fingerprint density at radius 1 is 1.35 bits per heavy atom. The molecule has 1 aromatic carbocycles. The number of imidazole rings is 1. The minimum atomic E-state index is 0.491. The first kappa shape index (κ1) is 15.6. The van der Waals surface area contributed by atoms with E-state index in [0.29, 0.717) is 11.7 Å². The average Bonchev–Trinajstić information content (AvgIpc) is 3.06. The SMILES string of the molecule is Cc1nc2scc(C)n2c1/C=N/NC(=S)NCc1ccccc1. The molecular weight excluding hydrogens is 326 g/mol. The van der Waals surface area contributed by atoms with Crippen LogP contribution in [-0.4, -0.2) is 20.7 Å². The number of aromatic nitrogens is 2. The number of fused-ring (bicyclic) bond motifs is 1. The molecule has 7 heteroatoms. The zero-order valence-electron chi connectivity index (χ0n) is 12.9. The Hall–Kier alpha value is -2.25. The second-order valence-electron chi connectivity index (χ2n) is 5.12. The van der Waals surface area contributed by atoms with Crippen LogP contribution in [0.25, 0.3) is 4.96 Å². The molecule has 2 heterocycles. The van der Waals surface area contributed by atoms with Crippen LogP contribution in [0.5, 0.6) is 0 Å². The molecule has 2 aromatic heterocycles. The van der Waals surface area contributed by atoms with E-state index in [9.17, 15) is 0 Å². The molecule has 0 saturated carbocycles. The van der Waals surface area contributed by atoms with Crippen molar-refractivity contribution in [3.8, 4) is 0 Å². The summed E-state index contributed by atoms with van der Waals surface area (Å²) in [6.07, 6.45) is 1.76. The number of hydrazone groups is 1. The lowest BCUT2D eigenvalue weighted by Crippen LogP contribution is -2.31. The van der Waals surface area contributed by atoms with Gasteiger partial charge in [0.15, 0.2) is 10.1 Å². The van der Waals surface area contributed by atoms with Gasteiger partial charge in [-0.15, -0.1) is 11.3 Å². The number of hydrogen-bond acceptors (Lipinski definition) is 4. The molecule has 0 aliphatic rings. The van der Waals surface area contributed by atoms with Crippen molar-refractivity contribution in [1.29, 1.82) is 0 Å². The molecule has 0 amide bonds. The van der Waals surface area contributed by atoms with Gasteiger partial charge in [0.05, 0.1) is 17.6 Å². The van der Waals surface area contributed by atoms with Gasteiger partial charge in [-0.05, 0) is 31.6 Å². The van der Waals surface area contributed by atoms with Gasteiger partial charge in [-0.1, -0.05) is 30.3 Å². The largest absolute Gasteiger partial charge is 0.357 e. The standard InChI is InChI=1S/C16H17N5S2/c1-11-10-23-16-19-12(2)14(21(11)16)9-18-20-15(22)17-8-13-6-4-3-5-7-13/h3-7,9-10H,8H2,1-2H3,(H2,17,20,22)/b18-9+. The maximum atomic E-state index is 5.23. The van der Waals surface area contributed by atoms with E-state index in [-0.39, 0.29) is 0 Å². The minimum Gasteiger partial charge on any atom is -0.357 e. The predicted molar refractivity (Wildman–Crippen MR) is 99.2 cm³/mol. The first-order valence-corrected chi connectivity index (χ1v) is 8.48. The van der Waals surface area contributed by atoms with E-state index in [1.165, 1.54) is 5.56 Å². The number of rotatable bonds is 4. The molecule has 2 N–H and O–H groups in total. The van der Waals surface area contributed by atoms with Crippen molar-refractivity contribution < 1.29 is 0 Å². The van der Waals surface area contributed by atoms with E-state index in [2.05, 4.69) is 37.5 Å². The highest BCUT2D eigenvalue weighted by molar-refractivity contribution is 7.80. The Bertz CT molecular complexity index is 848. The molecule has 0 unspecified atom stereocenters. The number of aryl methyl sites for hydroxylation is 2. The molecule has 0 radical (unpaired) electrons. The molecule has 3 aromatic rings. The molecule has 0 aliphatic heterocycles. The molecule has 0 atom stereocenters. The Kier molecular flexibility index (Phi) is 4.68. The summed E-state index contributed by atoms with van der Waals surface area (Å²) in [5, 5.41) is 9.92. The first-order chi connectivity index (χ1) is 11.1. The molecule has 5 nitrogen and oxygen atoms in total. The van der Waals surface area contributed by atoms with E-state index < -0.39 is 0 Å². The van der Waals surface area contributed by atoms with E-state index in [1.54, 1.807) is 17.6 Å². The highest BCUT2D eigenvalue weighted by Gasteiger charge is 2.10. The summed E-state index contributed by atoms with van der Waals surface area (Å²) in [6, 6.07) is 10.1. The second-order valence-corrected chi connectivity index (χ2v) is 6.36. The van der Waals surface area contributed by atoms with E-state index in [0.717, 1.165) is 22.0 Å². The number of hydrogen-bond donors (Lipinski definition) is 2. The number of nitrogens with one attached hydrogen (secondary N) is 2. The smallest absolute Gasteiger partial charge is 0.194 e. The van der Waals surface area contributed by atoms with E-state index >= 15 is 0 Å². The van der Waals surface area contributed by atoms with Crippen LogP contribution in [-0.2, 0) is 6.54 Å². The summed E-state index contributed by atoms with van der Waals surface area (Å²) in [6.45, 7) is 4.70. The summed E-state index contributed by atoms with van der Waals surface area (Å²) >= 11 is 6.86. The van der Waals surface area contributed by atoms with Crippen molar-refractivity contribution in [3.63, 3.8) is 0 Å². The third kappa shape index (κ3) is 3.57. The number of thiocarbonyl (C=S) groups is 1. The van der Waals surface area contributed by atoms with Gasteiger partial charge in [-0.2, -0.15) is 5.10 Å². The third-order valence-corrected chi connectivity index (χ3v) is 4.58. The summed E-state index contributed by atoms with van der Waals surface area (Å²) < 4.78 is 2.09. The average molecular weight is 343 g/mol. The van der Waals surface area contributed by atoms with Crippen LogP contribution in [0.2, 0.25) is 0 Å². The molecule has 118 valence electrons.